The van der Waals surface area contributed by atoms with Crippen molar-refractivity contribution in [3.8, 4) is 0 Å². The monoisotopic (exact) mass is 309 g/mol. The molecule has 0 aliphatic heterocycles. The molecule has 0 saturated heterocycles. The molecule has 120 valence electrons. The molecule has 0 radical (unpaired) electrons. The van der Waals surface area contributed by atoms with Crippen LogP contribution in [0.5, 0.6) is 0 Å². The van der Waals surface area contributed by atoms with Gasteiger partial charge in [0.05, 0.1) is 11.0 Å². The Morgan fingerprint density at radius 3 is 2.70 bits per heavy atom. The number of anilines is 1. The zero-order valence-electron chi connectivity index (χ0n) is 13.9. The first-order valence-corrected chi connectivity index (χ1v) is 8.03. The first kappa shape index (κ1) is 15.5. The fourth-order valence-corrected chi connectivity index (χ4v) is 2.41. The number of nitrogens with one attached hydrogen (secondary N) is 2. The number of rotatable bonds is 5. The van der Waals surface area contributed by atoms with Crippen molar-refractivity contribution in [2.75, 3.05) is 11.9 Å². The van der Waals surface area contributed by atoms with Crippen molar-refractivity contribution in [2.45, 2.75) is 39.0 Å². The highest BCUT2D eigenvalue weighted by Gasteiger charge is 2.17. The van der Waals surface area contributed by atoms with Crippen LogP contribution in [0.25, 0.3) is 11.0 Å². The molecule has 0 saturated carbocycles. The van der Waals surface area contributed by atoms with Crippen molar-refractivity contribution >= 4 is 16.9 Å². The van der Waals surface area contributed by atoms with E-state index < -0.39 is 0 Å². The quantitative estimate of drug-likeness (QED) is 0.705. The molecule has 1 aromatic carbocycles. The van der Waals surface area contributed by atoms with Gasteiger partial charge in [0.15, 0.2) is 0 Å². The average Bonchev–Trinajstić information content (AvgIpc) is 2.94. The van der Waals surface area contributed by atoms with E-state index in [-0.39, 0.29) is 5.41 Å². The Kier molecular flexibility index (Phi) is 4.28. The maximum absolute atomic E-state index is 4.59. The second-order valence-corrected chi connectivity index (χ2v) is 6.75. The molecule has 2 heterocycles. The summed E-state index contributed by atoms with van der Waals surface area (Å²) < 4.78 is 0. The van der Waals surface area contributed by atoms with Crippen molar-refractivity contribution in [2.24, 2.45) is 0 Å². The highest BCUT2D eigenvalue weighted by molar-refractivity contribution is 5.74. The molecule has 3 aromatic rings. The summed E-state index contributed by atoms with van der Waals surface area (Å²) in [7, 11) is 0. The normalized spacial score (nSPS) is 11.8. The smallest absolute Gasteiger partial charge is 0.135 e. The minimum absolute atomic E-state index is 0.0357. The molecule has 0 amide bonds. The van der Waals surface area contributed by atoms with E-state index >= 15 is 0 Å². The van der Waals surface area contributed by atoms with Gasteiger partial charge in [-0.2, -0.15) is 0 Å². The number of aromatic nitrogens is 4. The molecule has 0 atom stereocenters. The molecule has 2 N–H and O–H groups in total. The molecule has 3 rings (SSSR count). The van der Waals surface area contributed by atoms with Crippen LogP contribution in [0.3, 0.4) is 0 Å². The lowest BCUT2D eigenvalue weighted by atomic mass is 9.96. The second kappa shape index (κ2) is 6.36. The highest BCUT2D eigenvalue weighted by atomic mass is 15.0. The Hall–Kier alpha value is -2.43. The number of aromatic amines is 1. The van der Waals surface area contributed by atoms with Gasteiger partial charge < -0.3 is 10.3 Å². The van der Waals surface area contributed by atoms with Gasteiger partial charge in [0.1, 0.15) is 17.5 Å². The highest BCUT2D eigenvalue weighted by Crippen LogP contribution is 2.18. The predicted molar refractivity (Wildman–Crippen MR) is 93.6 cm³/mol. The molecule has 0 unspecified atom stereocenters. The maximum Gasteiger partial charge on any atom is 0.135 e. The van der Waals surface area contributed by atoms with E-state index in [1.807, 2.05) is 30.5 Å². The Labute approximate surface area is 136 Å². The fraction of sp³-hybridized carbons (Fsp3) is 0.389. The first-order chi connectivity index (χ1) is 11.0. The molecule has 5 nitrogen and oxygen atoms in total. The number of aryl methyl sites for hydroxylation is 1. The SMILES string of the molecule is CC(C)(C)c1nccc(NCCCc2nc3ccccc3[nH]2)n1. The number of hydrogen-bond acceptors (Lipinski definition) is 4. The van der Waals surface area contributed by atoms with Gasteiger partial charge in [-0.1, -0.05) is 32.9 Å². The lowest BCUT2D eigenvalue weighted by molar-refractivity contribution is 0.545. The van der Waals surface area contributed by atoms with Crippen molar-refractivity contribution in [3.05, 3.63) is 48.2 Å². The van der Waals surface area contributed by atoms with Crippen LogP contribution in [0.1, 0.15) is 38.8 Å². The minimum Gasteiger partial charge on any atom is -0.370 e. The number of benzene rings is 1. The van der Waals surface area contributed by atoms with E-state index in [1.165, 1.54) is 0 Å². The molecule has 0 spiro atoms. The fourth-order valence-electron chi connectivity index (χ4n) is 2.41. The lowest BCUT2D eigenvalue weighted by Gasteiger charge is -2.17. The van der Waals surface area contributed by atoms with Crippen LogP contribution in [0.4, 0.5) is 5.82 Å². The molecule has 0 fully saturated rings. The van der Waals surface area contributed by atoms with Crippen LogP contribution in [0.15, 0.2) is 36.5 Å². The van der Waals surface area contributed by atoms with Gasteiger partial charge in [-0.15, -0.1) is 0 Å². The molecular weight excluding hydrogens is 286 g/mol. The first-order valence-electron chi connectivity index (χ1n) is 8.03. The molecule has 2 aromatic heterocycles. The van der Waals surface area contributed by atoms with Gasteiger partial charge >= 0.3 is 0 Å². The number of H-pyrrole nitrogens is 1. The summed E-state index contributed by atoms with van der Waals surface area (Å²) in [6.45, 7) is 7.21. The Bertz CT molecular complexity index is 752. The van der Waals surface area contributed by atoms with Crippen molar-refractivity contribution in [1.82, 2.24) is 19.9 Å². The van der Waals surface area contributed by atoms with Gasteiger partial charge in [-0.05, 0) is 24.6 Å². The lowest BCUT2D eigenvalue weighted by Crippen LogP contribution is -2.17. The molecule has 0 aliphatic carbocycles. The Balaban J connectivity index is 1.53. The van der Waals surface area contributed by atoms with Crippen LogP contribution in [0, 0.1) is 0 Å². The van der Waals surface area contributed by atoms with Crippen LogP contribution >= 0.6 is 0 Å². The van der Waals surface area contributed by atoms with E-state index in [2.05, 4.69) is 52.1 Å². The molecule has 0 aliphatic rings. The standard InChI is InChI=1S/C18H23N5/c1-18(2,3)17-20-12-10-15(23-17)19-11-6-9-16-21-13-7-4-5-8-14(13)22-16/h4-5,7-8,10,12H,6,9,11H2,1-3H3,(H,21,22)(H,19,20,23). The Morgan fingerprint density at radius 2 is 1.91 bits per heavy atom. The summed E-state index contributed by atoms with van der Waals surface area (Å²) in [6, 6.07) is 10.0. The number of imidazole rings is 1. The van der Waals surface area contributed by atoms with Crippen LogP contribution in [-0.2, 0) is 11.8 Å². The van der Waals surface area contributed by atoms with Gasteiger partial charge in [0.25, 0.3) is 0 Å². The number of hydrogen-bond donors (Lipinski definition) is 2. The number of nitrogens with zero attached hydrogens (tertiary/aromatic N) is 3. The zero-order valence-corrected chi connectivity index (χ0v) is 13.9. The van der Waals surface area contributed by atoms with Crippen LogP contribution in [0.2, 0.25) is 0 Å². The summed E-state index contributed by atoms with van der Waals surface area (Å²) in [5, 5.41) is 3.37. The van der Waals surface area contributed by atoms with Gasteiger partial charge in [-0.3, -0.25) is 0 Å². The maximum atomic E-state index is 4.59. The van der Waals surface area contributed by atoms with E-state index in [0.717, 1.165) is 47.9 Å². The van der Waals surface area contributed by atoms with E-state index in [9.17, 15) is 0 Å². The minimum atomic E-state index is -0.0357. The molecular formula is C18H23N5. The van der Waals surface area contributed by atoms with Gasteiger partial charge in [-0.25, -0.2) is 15.0 Å². The summed E-state index contributed by atoms with van der Waals surface area (Å²) in [5.74, 6) is 2.78. The molecule has 23 heavy (non-hydrogen) atoms. The Morgan fingerprint density at radius 1 is 1.09 bits per heavy atom. The molecule has 5 heteroatoms. The predicted octanol–water partition coefficient (Wildman–Crippen LogP) is 3.70. The van der Waals surface area contributed by atoms with Crippen LogP contribution < -0.4 is 5.32 Å². The summed E-state index contributed by atoms with van der Waals surface area (Å²) in [6.07, 6.45) is 3.72. The molecule has 0 bridgehead atoms. The number of fused-ring (bicyclic) bond motifs is 1. The van der Waals surface area contributed by atoms with Crippen molar-refractivity contribution in [3.63, 3.8) is 0 Å². The zero-order chi connectivity index (χ0) is 16.3. The summed E-state index contributed by atoms with van der Waals surface area (Å²) in [5.41, 5.74) is 2.09. The third kappa shape index (κ3) is 3.86. The van der Waals surface area contributed by atoms with E-state index in [4.69, 9.17) is 0 Å². The van der Waals surface area contributed by atoms with E-state index in [0.29, 0.717) is 0 Å². The largest absolute Gasteiger partial charge is 0.370 e. The van der Waals surface area contributed by atoms with Crippen molar-refractivity contribution in [1.29, 1.82) is 0 Å². The van der Waals surface area contributed by atoms with Gasteiger partial charge in [0, 0.05) is 24.6 Å². The van der Waals surface area contributed by atoms with Crippen molar-refractivity contribution < 1.29 is 0 Å². The summed E-state index contributed by atoms with van der Waals surface area (Å²) in [4.78, 5) is 16.9. The summed E-state index contributed by atoms with van der Waals surface area (Å²) >= 11 is 0. The van der Waals surface area contributed by atoms with E-state index in [1.54, 1.807) is 0 Å². The second-order valence-electron chi connectivity index (χ2n) is 6.75. The van der Waals surface area contributed by atoms with Gasteiger partial charge in [0.2, 0.25) is 0 Å². The average molecular weight is 309 g/mol. The van der Waals surface area contributed by atoms with Crippen LogP contribution in [-0.4, -0.2) is 26.5 Å². The topological polar surface area (TPSA) is 66.5 Å². The third-order valence-electron chi connectivity index (χ3n) is 3.66. The third-order valence-corrected chi connectivity index (χ3v) is 3.66. The number of para-hydroxylation sites is 2.